The first-order valence-corrected chi connectivity index (χ1v) is 4.75. The molecule has 3 atom stereocenters. The molecule has 2 rings (SSSR count). The van der Waals surface area contributed by atoms with Crippen LogP contribution in [0.15, 0.2) is 0 Å². The summed E-state index contributed by atoms with van der Waals surface area (Å²) in [6.45, 7) is 4.32. The fourth-order valence-electron chi connectivity index (χ4n) is 2.26. The molecule has 2 bridgehead atoms. The van der Waals surface area contributed by atoms with Crippen molar-refractivity contribution in [1.29, 1.82) is 0 Å². The van der Waals surface area contributed by atoms with E-state index in [1.54, 1.807) is 0 Å². The van der Waals surface area contributed by atoms with Crippen LogP contribution in [0.25, 0.3) is 0 Å². The number of hydrogen-bond acceptors (Lipinski definition) is 2. The molecule has 2 fully saturated rings. The van der Waals surface area contributed by atoms with Gasteiger partial charge in [-0.3, -0.25) is 0 Å². The zero-order chi connectivity index (χ0) is 7.68. The first kappa shape index (κ1) is 7.56. The third-order valence-corrected chi connectivity index (χ3v) is 2.83. The Morgan fingerprint density at radius 2 is 2.36 bits per heavy atom. The predicted octanol–water partition coefficient (Wildman–Crippen LogP) is 1.16. The molecule has 11 heavy (non-hydrogen) atoms. The van der Waals surface area contributed by atoms with E-state index in [0.29, 0.717) is 6.10 Å². The van der Waals surface area contributed by atoms with Gasteiger partial charge in [-0.25, -0.2) is 0 Å². The van der Waals surface area contributed by atoms with Crippen molar-refractivity contribution in [3.05, 3.63) is 0 Å². The number of piperidine rings is 1. The molecule has 1 saturated carbocycles. The lowest BCUT2D eigenvalue weighted by molar-refractivity contribution is 0.0215. The van der Waals surface area contributed by atoms with Crippen LogP contribution in [0, 0.1) is 5.92 Å². The Hall–Kier alpha value is -0.0800. The van der Waals surface area contributed by atoms with Gasteiger partial charge in [0.2, 0.25) is 0 Å². The summed E-state index contributed by atoms with van der Waals surface area (Å²) in [6, 6.07) is 0.779. The van der Waals surface area contributed by atoms with E-state index in [1.807, 2.05) is 0 Å². The van der Waals surface area contributed by atoms with Gasteiger partial charge in [0.25, 0.3) is 0 Å². The Labute approximate surface area is 68.3 Å². The van der Waals surface area contributed by atoms with Gasteiger partial charge in [-0.1, -0.05) is 6.92 Å². The summed E-state index contributed by atoms with van der Waals surface area (Å²) in [5, 5.41) is 3.48. The van der Waals surface area contributed by atoms with Gasteiger partial charge < -0.3 is 10.1 Å². The number of nitrogens with one attached hydrogen (secondary N) is 1. The van der Waals surface area contributed by atoms with E-state index in [0.717, 1.165) is 25.0 Å². The van der Waals surface area contributed by atoms with Crippen LogP contribution in [0.1, 0.15) is 26.2 Å². The van der Waals surface area contributed by atoms with E-state index in [2.05, 4.69) is 12.2 Å². The standard InChI is InChI=1S/C9H17NO/c1-2-3-11-9-5-8-4-7(9)6-10-8/h7-10H,2-6H2,1H3/t7-,8-,9+/m0/s1. The number of rotatable bonds is 3. The third-order valence-electron chi connectivity index (χ3n) is 2.83. The van der Waals surface area contributed by atoms with Gasteiger partial charge in [0.05, 0.1) is 6.10 Å². The molecule has 2 nitrogen and oxygen atoms in total. The lowest BCUT2D eigenvalue weighted by Crippen LogP contribution is -2.34. The first-order valence-electron chi connectivity index (χ1n) is 4.75. The summed E-state index contributed by atoms with van der Waals surface area (Å²) in [7, 11) is 0. The normalized spacial score (nSPS) is 41.7. The summed E-state index contributed by atoms with van der Waals surface area (Å²) in [6.07, 6.45) is 4.35. The highest BCUT2D eigenvalue weighted by molar-refractivity contribution is 4.95. The lowest BCUT2D eigenvalue weighted by atomic mass is 10.1. The summed E-state index contributed by atoms with van der Waals surface area (Å²) in [4.78, 5) is 0. The second-order valence-corrected chi connectivity index (χ2v) is 3.75. The molecule has 1 aliphatic carbocycles. The van der Waals surface area contributed by atoms with Crippen molar-refractivity contribution in [1.82, 2.24) is 5.32 Å². The van der Waals surface area contributed by atoms with E-state index in [-0.39, 0.29) is 0 Å². The maximum atomic E-state index is 5.75. The first-order chi connectivity index (χ1) is 5.40. The van der Waals surface area contributed by atoms with Crippen LogP contribution in [0.4, 0.5) is 0 Å². The van der Waals surface area contributed by atoms with Crippen LogP contribution < -0.4 is 5.32 Å². The van der Waals surface area contributed by atoms with E-state index < -0.39 is 0 Å². The molecule has 1 heterocycles. The van der Waals surface area contributed by atoms with E-state index in [1.165, 1.54) is 19.4 Å². The highest BCUT2D eigenvalue weighted by Gasteiger charge is 2.39. The molecule has 2 heteroatoms. The number of fused-ring (bicyclic) bond motifs is 2. The average Bonchev–Trinajstić information content (AvgIpc) is 2.60. The summed E-state index contributed by atoms with van der Waals surface area (Å²) < 4.78 is 5.75. The van der Waals surface area contributed by atoms with Gasteiger partial charge in [-0.2, -0.15) is 0 Å². The molecule has 0 radical (unpaired) electrons. The van der Waals surface area contributed by atoms with Gasteiger partial charge in [-0.15, -0.1) is 0 Å². The Balaban J connectivity index is 1.78. The van der Waals surface area contributed by atoms with Gasteiger partial charge in [0.1, 0.15) is 0 Å². The minimum atomic E-state index is 0.584. The highest BCUT2D eigenvalue weighted by Crippen LogP contribution is 2.33. The highest BCUT2D eigenvalue weighted by atomic mass is 16.5. The van der Waals surface area contributed by atoms with Crippen LogP contribution in [0.2, 0.25) is 0 Å². The summed E-state index contributed by atoms with van der Waals surface area (Å²) >= 11 is 0. The van der Waals surface area contributed by atoms with Crippen molar-refractivity contribution >= 4 is 0 Å². The molecule has 0 aromatic carbocycles. The molecule has 0 amide bonds. The van der Waals surface area contributed by atoms with Crippen LogP contribution in [0.3, 0.4) is 0 Å². The third kappa shape index (κ3) is 1.42. The Morgan fingerprint density at radius 3 is 2.91 bits per heavy atom. The van der Waals surface area contributed by atoms with E-state index >= 15 is 0 Å². The predicted molar refractivity (Wildman–Crippen MR) is 44.5 cm³/mol. The molecule has 0 unspecified atom stereocenters. The van der Waals surface area contributed by atoms with Gasteiger partial charge in [0, 0.05) is 19.2 Å². The van der Waals surface area contributed by atoms with Gasteiger partial charge in [0.15, 0.2) is 0 Å². The largest absolute Gasteiger partial charge is 0.378 e. The smallest absolute Gasteiger partial charge is 0.0630 e. The average molecular weight is 155 g/mol. The van der Waals surface area contributed by atoms with Crippen molar-refractivity contribution < 1.29 is 4.74 Å². The Morgan fingerprint density at radius 1 is 1.45 bits per heavy atom. The minimum absolute atomic E-state index is 0.584. The number of ether oxygens (including phenoxy) is 1. The second-order valence-electron chi connectivity index (χ2n) is 3.75. The molecule has 0 aromatic rings. The van der Waals surface area contributed by atoms with E-state index in [9.17, 15) is 0 Å². The Bertz CT molecular complexity index is 138. The molecule has 64 valence electrons. The monoisotopic (exact) mass is 155 g/mol. The zero-order valence-electron chi connectivity index (χ0n) is 7.18. The maximum absolute atomic E-state index is 5.75. The molecule has 0 aromatic heterocycles. The van der Waals surface area contributed by atoms with Gasteiger partial charge in [-0.05, 0) is 25.2 Å². The fraction of sp³-hybridized carbons (Fsp3) is 1.00. The van der Waals surface area contributed by atoms with E-state index in [4.69, 9.17) is 4.74 Å². The molecular formula is C9H17NO. The van der Waals surface area contributed by atoms with Crippen molar-refractivity contribution in [2.24, 2.45) is 5.92 Å². The molecule has 1 saturated heterocycles. The van der Waals surface area contributed by atoms with Crippen molar-refractivity contribution in [3.8, 4) is 0 Å². The maximum Gasteiger partial charge on any atom is 0.0630 e. The molecule has 2 aliphatic rings. The minimum Gasteiger partial charge on any atom is -0.378 e. The summed E-state index contributed by atoms with van der Waals surface area (Å²) in [5.74, 6) is 0.826. The van der Waals surface area contributed by atoms with Crippen molar-refractivity contribution in [2.75, 3.05) is 13.2 Å². The van der Waals surface area contributed by atoms with Gasteiger partial charge >= 0.3 is 0 Å². The van der Waals surface area contributed by atoms with Crippen molar-refractivity contribution in [3.63, 3.8) is 0 Å². The van der Waals surface area contributed by atoms with Crippen LogP contribution >= 0.6 is 0 Å². The number of hydrogen-bond donors (Lipinski definition) is 1. The SMILES string of the molecule is CCCO[C@@H]1C[C@@H]2C[C@H]1CN2. The fourth-order valence-corrected chi connectivity index (χ4v) is 2.26. The van der Waals surface area contributed by atoms with Crippen LogP contribution in [0.5, 0.6) is 0 Å². The van der Waals surface area contributed by atoms with Crippen molar-refractivity contribution in [2.45, 2.75) is 38.3 Å². The molecule has 1 N–H and O–H groups in total. The van der Waals surface area contributed by atoms with Crippen LogP contribution in [-0.2, 0) is 4.74 Å². The quantitative estimate of drug-likeness (QED) is 0.660. The molecular weight excluding hydrogens is 138 g/mol. The summed E-state index contributed by atoms with van der Waals surface area (Å²) in [5.41, 5.74) is 0. The molecule has 1 aliphatic heterocycles. The zero-order valence-corrected chi connectivity index (χ0v) is 7.18. The topological polar surface area (TPSA) is 21.3 Å². The second kappa shape index (κ2) is 3.11. The molecule has 0 spiro atoms. The van der Waals surface area contributed by atoms with Crippen LogP contribution in [-0.4, -0.2) is 25.3 Å². The lowest BCUT2D eigenvalue weighted by Gasteiger charge is -2.22. The Kier molecular flexibility index (Phi) is 2.14.